The van der Waals surface area contributed by atoms with E-state index in [1.54, 1.807) is 54.6 Å². The van der Waals surface area contributed by atoms with Gasteiger partial charge in [-0.2, -0.15) is 13.2 Å². The van der Waals surface area contributed by atoms with Gasteiger partial charge in [0.15, 0.2) is 5.78 Å². The number of hydrogen-bond donors (Lipinski definition) is 0. The fraction of sp³-hybridized carbons (Fsp3) is 0.211. The number of carbonyl (C=O) groups is 1. The first-order valence-corrected chi connectivity index (χ1v) is 7.20. The molecule has 0 amide bonds. The summed E-state index contributed by atoms with van der Waals surface area (Å²) in [7, 11) is 1.49. The van der Waals surface area contributed by atoms with Gasteiger partial charge in [-0.3, -0.25) is 4.79 Å². The lowest BCUT2D eigenvalue weighted by Crippen LogP contribution is -2.08. The molecule has 0 radical (unpaired) electrons. The number of carbonyl (C=O) groups excluding carboxylic acids is 1. The van der Waals surface area contributed by atoms with Crippen molar-refractivity contribution in [3.63, 3.8) is 0 Å². The molecular weight excluding hydrogens is 317 g/mol. The van der Waals surface area contributed by atoms with Gasteiger partial charge in [0.1, 0.15) is 5.75 Å². The van der Waals surface area contributed by atoms with E-state index in [2.05, 4.69) is 5.92 Å². The van der Waals surface area contributed by atoms with Crippen LogP contribution in [-0.4, -0.2) is 19.1 Å². The third-order valence-electron chi connectivity index (χ3n) is 3.39. The maximum Gasteiger partial charge on any atom is 0.457 e. The van der Waals surface area contributed by atoms with Crippen molar-refractivity contribution in [1.29, 1.82) is 0 Å². The minimum atomic E-state index is -4.60. The van der Waals surface area contributed by atoms with Gasteiger partial charge < -0.3 is 4.74 Å². The maximum atomic E-state index is 12.4. The number of hydrogen-bond acceptors (Lipinski definition) is 2. The first-order valence-electron chi connectivity index (χ1n) is 7.20. The molecular formula is C19H15F3O2. The third kappa shape index (κ3) is 5.17. The predicted octanol–water partition coefficient (Wildman–Crippen LogP) is 4.62. The van der Waals surface area contributed by atoms with Crippen LogP contribution in [0, 0.1) is 11.8 Å². The second-order valence-corrected chi connectivity index (χ2v) is 5.09. The first kappa shape index (κ1) is 17.6. The van der Waals surface area contributed by atoms with Crippen molar-refractivity contribution >= 4 is 5.78 Å². The normalized spacial score (nSPS) is 12.0. The van der Waals surface area contributed by atoms with Crippen LogP contribution in [0.2, 0.25) is 0 Å². The van der Waals surface area contributed by atoms with E-state index in [0.29, 0.717) is 16.9 Å². The molecule has 0 N–H and O–H groups in total. The van der Waals surface area contributed by atoms with Crippen LogP contribution in [-0.2, 0) is 0 Å². The van der Waals surface area contributed by atoms with E-state index in [9.17, 15) is 18.0 Å². The van der Waals surface area contributed by atoms with Gasteiger partial charge in [-0.25, -0.2) is 0 Å². The van der Waals surface area contributed by atoms with Crippen molar-refractivity contribution in [2.24, 2.45) is 0 Å². The van der Waals surface area contributed by atoms with Crippen molar-refractivity contribution in [1.82, 2.24) is 0 Å². The Morgan fingerprint density at radius 3 is 2.25 bits per heavy atom. The number of benzene rings is 2. The fourth-order valence-electron chi connectivity index (χ4n) is 2.18. The summed E-state index contributed by atoms with van der Waals surface area (Å²) in [4.78, 5) is 12.3. The van der Waals surface area contributed by atoms with E-state index in [4.69, 9.17) is 4.74 Å². The SMILES string of the molecule is COc1ccc(C(C#CC(F)(F)F)CC(=O)c2ccccc2)cc1. The van der Waals surface area contributed by atoms with Gasteiger partial charge >= 0.3 is 6.18 Å². The van der Waals surface area contributed by atoms with E-state index >= 15 is 0 Å². The Kier molecular flexibility index (Phi) is 5.64. The Morgan fingerprint density at radius 2 is 1.71 bits per heavy atom. The zero-order valence-corrected chi connectivity index (χ0v) is 12.9. The summed E-state index contributed by atoms with van der Waals surface area (Å²) in [5.74, 6) is 2.93. The number of ketones is 1. The highest BCUT2D eigenvalue weighted by Gasteiger charge is 2.24. The minimum absolute atomic E-state index is 0.126. The summed E-state index contributed by atoms with van der Waals surface area (Å²) >= 11 is 0. The molecule has 0 aliphatic rings. The highest BCUT2D eigenvalue weighted by atomic mass is 19.4. The molecule has 2 aromatic rings. The third-order valence-corrected chi connectivity index (χ3v) is 3.39. The molecule has 0 saturated heterocycles. The average molecular weight is 332 g/mol. The van der Waals surface area contributed by atoms with Crippen LogP contribution in [0.1, 0.15) is 28.3 Å². The van der Waals surface area contributed by atoms with Crippen molar-refractivity contribution < 1.29 is 22.7 Å². The highest BCUT2D eigenvalue weighted by Crippen LogP contribution is 2.25. The number of rotatable bonds is 5. The lowest BCUT2D eigenvalue weighted by atomic mass is 9.92. The molecule has 2 aromatic carbocycles. The molecule has 0 heterocycles. The van der Waals surface area contributed by atoms with Crippen LogP contribution in [0.25, 0.3) is 0 Å². The van der Waals surface area contributed by atoms with Crippen LogP contribution in [0.15, 0.2) is 54.6 Å². The van der Waals surface area contributed by atoms with Crippen LogP contribution >= 0.6 is 0 Å². The number of Topliss-reactive ketones (excluding diaryl/α,β-unsaturated/α-hetero) is 1. The maximum absolute atomic E-state index is 12.4. The van der Waals surface area contributed by atoms with E-state index in [0.717, 1.165) is 0 Å². The van der Waals surface area contributed by atoms with Gasteiger partial charge in [0.05, 0.1) is 13.0 Å². The van der Waals surface area contributed by atoms with Gasteiger partial charge in [-0.05, 0) is 17.7 Å². The molecule has 2 rings (SSSR count). The molecule has 5 heteroatoms. The number of halogens is 3. The molecule has 0 spiro atoms. The molecule has 1 atom stereocenters. The van der Waals surface area contributed by atoms with Gasteiger partial charge in [0, 0.05) is 17.9 Å². The van der Waals surface area contributed by atoms with E-state index in [-0.39, 0.29) is 12.2 Å². The Bertz CT molecular complexity index is 738. The Labute approximate surface area is 138 Å². The molecule has 2 nitrogen and oxygen atoms in total. The van der Waals surface area contributed by atoms with Crippen molar-refractivity contribution in [3.05, 3.63) is 65.7 Å². The zero-order valence-electron chi connectivity index (χ0n) is 12.9. The lowest BCUT2D eigenvalue weighted by Gasteiger charge is -2.12. The minimum Gasteiger partial charge on any atom is -0.497 e. The first-order chi connectivity index (χ1) is 11.4. The van der Waals surface area contributed by atoms with Crippen molar-refractivity contribution in [2.45, 2.75) is 18.5 Å². The van der Waals surface area contributed by atoms with Crippen LogP contribution in [0.4, 0.5) is 13.2 Å². The largest absolute Gasteiger partial charge is 0.497 e. The van der Waals surface area contributed by atoms with Crippen molar-refractivity contribution in [3.8, 4) is 17.6 Å². The van der Waals surface area contributed by atoms with Crippen LogP contribution in [0.5, 0.6) is 5.75 Å². The highest BCUT2D eigenvalue weighted by molar-refractivity contribution is 5.96. The lowest BCUT2D eigenvalue weighted by molar-refractivity contribution is -0.0698. The average Bonchev–Trinajstić information content (AvgIpc) is 2.58. The summed E-state index contributed by atoms with van der Waals surface area (Å²) in [6.07, 6.45) is -4.72. The number of alkyl halides is 3. The van der Waals surface area contributed by atoms with E-state index in [1.807, 2.05) is 0 Å². The summed E-state index contributed by atoms with van der Waals surface area (Å²) in [5.41, 5.74) is 0.988. The Hall–Kier alpha value is -2.74. The van der Waals surface area contributed by atoms with Crippen LogP contribution in [0.3, 0.4) is 0 Å². The molecule has 0 aliphatic carbocycles. The molecule has 124 valence electrons. The fourth-order valence-corrected chi connectivity index (χ4v) is 2.18. The van der Waals surface area contributed by atoms with Gasteiger partial charge in [0.25, 0.3) is 0 Å². The molecule has 0 aliphatic heterocycles. The number of ether oxygens (including phenoxy) is 1. The van der Waals surface area contributed by atoms with Crippen LogP contribution < -0.4 is 4.74 Å². The predicted molar refractivity (Wildman–Crippen MR) is 85.0 cm³/mol. The smallest absolute Gasteiger partial charge is 0.457 e. The van der Waals surface area contributed by atoms with E-state index in [1.165, 1.54) is 13.0 Å². The zero-order chi connectivity index (χ0) is 17.6. The van der Waals surface area contributed by atoms with Gasteiger partial charge in [0.2, 0.25) is 0 Å². The quantitative estimate of drug-likeness (QED) is 0.590. The summed E-state index contributed by atoms with van der Waals surface area (Å²) in [5, 5.41) is 0. The molecule has 0 aromatic heterocycles. The Morgan fingerprint density at radius 1 is 1.08 bits per heavy atom. The summed E-state index contributed by atoms with van der Waals surface area (Å²) in [6.45, 7) is 0. The molecule has 0 fully saturated rings. The Balaban J connectivity index is 2.28. The number of methoxy groups -OCH3 is 1. The molecule has 1 unspecified atom stereocenters. The summed E-state index contributed by atoms with van der Waals surface area (Å²) < 4.78 is 42.3. The molecule has 24 heavy (non-hydrogen) atoms. The van der Waals surface area contributed by atoms with Crippen molar-refractivity contribution in [2.75, 3.05) is 7.11 Å². The van der Waals surface area contributed by atoms with E-state index < -0.39 is 12.1 Å². The summed E-state index contributed by atoms with van der Waals surface area (Å²) in [6, 6.07) is 14.9. The molecule has 0 bridgehead atoms. The van der Waals surface area contributed by atoms with Gasteiger partial charge in [-0.1, -0.05) is 48.4 Å². The monoisotopic (exact) mass is 332 g/mol. The van der Waals surface area contributed by atoms with Gasteiger partial charge in [-0.15, -0.1) is 0 Å². The standard InChI is InChI=1S/C19H15F3O2/c1-24-17-9-7-14(8-10-17)16(11-12-19(20,21)22)13-18(23)15-5-3-2-4-6-15/h2-10,16H,13H2,1H3. The molecule has 0 saturated carbocycles. The second kappa shape index (κ2) is 7.69. The topological polar surface area (TPSA) is 26.3 Å². The second-order valence-electron chi connectivity index (χ2n) is 5.09.